The first-order chi connectivity index (χ1) is 15.8. The molecule has 0 fully saturated rings. The summed E-state index contributed by atoms with van der Waals surface area (Å²) in [7, 11) is -3.33. The number of hydrogen-bond acceptors (Lipinski definition) is 5. The van der Waals surface area contributed by atoms with E-state index >= 15 is 0 Å². The van der Waals surface area contributed by atoms with E-state index in [0.29, 0.717) is 28.3 Å². The summed E-state index contributed by atoms with van der Waals surface area (Å²) in [6.45, 7) is 2.35. The van der Waals surface area contributed by atoms with Gasteiger partial charge in [0, 0.05) is 29.7 Å². The van der Waals surface area contributed by atoms with Crippen molar-refractivity contribution in [1.82, 2.24) is 9.78 Å². The average molecular weight is 485 g/mol. The van der Waals surface area contributed by atoms with Gasteiger partial charge in [-0.25, -0.2) is 8.42 Å². The monoisotopic (exact) mass is 484 g/mol. The first-order valence-corrected chi connectivity index (χ1v) is 12.9. The number of halogens is 1. The smallest absolute Gasteiger partial charge is 0.314 e. The molecule has 33 heavy (non-hydrogen) atoms. The fourth-order valence-electron chi connectivity index (χ4n) is 3.10. The van der Waals surface area contributed by atoms with Gasteiger partial charge >= 0.3 is 5.56 Å². The Kier molecular flexibility index (Phi) is 8.32. The fraction of sp³-hybridized carbons (Fsp3) is 0.280. The van der Waals surface area contributed by atoms with Crippen molar-refractivity contribution in [2.24, 2.45) is 0 Å². The summed E-state index contributed by atoms with van der Waals surface area (Å²) in [5, 5.41) is 4.77. The van der Waals surface area contributed by atoms with Gasteiger partial charge in [0.15, 0.2) is 15.6 Å². The Balaban J connectivity index is 1.98. The molecule has 0 amide bonds. The van der Waals surface area contributed by atoms with E-state index < -0.39 is 15.4 Å². The van der Waals surface area contributed by atoms with Crippen LogP contribution in [0.15, 0.2) is 64.4 Å². The predicted octanol–water partition coefficient (Wildman–Crippen LogP) is 4.92. The molecular weight excluding hydrogens is 460 g/mol. The van der Waals surface area contributed by atoms with Crippen LogP contribution in [-0.2, 0) is 9.84 Å². The highest BCUT2D eigenvalue weighted by Crippen LogP contribution is 2.28. The molecule has 0 bridgehead atoms. The maximum absolute atomic E-state index is 13.3. The van der Waals surface area contributed by atoms with E-state index in [1.807, 2.05) is 0 Å². The minimum Gasteiger partial charge on any atom is -0.486 e. The van der Waals surface area contributed by atoms with Crippen molar-refractivity contribution < 1.29 is 13.2 Å². The average Bonchev–Trinajstić information content (AvgIpc) is 2.78. The van der Waals surface area contributed by atoms with Gasteiger partial charge in [0.25, 0.3) is 0 Å². The van der Waals surface area contributed by atoms with Crippen LogP contribution < -0.4 is 10.3 Å². The summed E-state index contributed by atoms with van der Waals surface area (Å²) >= 11 is 6.08. The van der Waals surface area contributed by atoms with Crippen LogP contribution in [0.3, 0.4) is 0 Å². The molecule has 2 aromatic carbocycles. The van der Waals surface area contributed by atoms with Gasteiger partial charge in [0.2, 0.25) is 0 Å². The van der Waals surface area contributed by atoms with E-state index in [-0.39, 0.29) is 17.3 Å². The molecule has 1 aromatic heterocycles. The second-order valence-corrected chi connectivity index (χ2v) is 9.89. The van der Waals surface area contributed by atoms with Gasteiger partial charge in [0.1, 0.15) is 0 Å². The van der Waals surface area contributed by atoms with E-state index in [4.69, 9.17) is 16.3 Å². The molecule has 0 saturated heterocycles. The van der Waals surface area contributed by atoms with Crippen molar-refractivity contribution in [3.8, 4) is 34.4 Å². The lowest BCUT2D eigenvalue weighted by molar-refractivity contribution is 0.321. The molecule has 0 aliphatic carbocycles. The second kappa shape index (κ2) is 11.2. The van der Waals surface area contributed by atoms with Crippen molar-refractivity contribution >= 4 is 21.4 Å². The van der Waals surface area contributed by atoms with E-state index in [2.05, 4.69) is 23.9 Å². The van der Waals surface area contributed by atoms with Gasteiger partial charge in [-0.15, -0.1) is 5.92 Å². The third-order valence-corrected chi connectivity index (χ3v) is 6.20. The SMILES string of the molecule is CCCCC#CCCOc1c(-c2ccc(S(C)(=O)=O)cc2)cnn(-c2cccc(Cl)c2)c1=O. The van der Waals surface area contributed by atoms with Gasteiger partial charge in [0.05, 0.1) is 23.4 Å². The maximum atomic E-state index is 13.3. The molecular formula is C25H25ClN2O4S. The predicted molar refractivity (Wildman–Crippen MR) is 131 cm³/mol. The summed E-state index contributed by atoms with van der Waals surface area (Å²) in [6, 6.07) is 13.1. The van der Waals surface area contributed by atoms with Gasteiger partial charge < -0.3 is 4.74 Å². The van der Waals surface area contributed by atoms with E-state index in [9.17, 15) is 13.2 Å². The first kappa shape index (κ1) is 24.6. The Hall–Kier alpha value is -3.08. The highest BCUT2D eigenvalue weighted by Gasteiger charge is 2.17. The molecule has 0 aliphatic rings. The number of ether oxygens (including phenoxy) is 1. The Morgan fingerprint density at radius 1 is 1.09 bits per heavy atom. The van der Waals surface area contributed by atoms with Gasteiger partial charge in [-0.1, -0.05) is 49.1 Å². The molecule has 1 heterocycles. The summed E-state index contributed by atoms with van der Waals surface area (Å²) < 4.78 is 30.7. The molecule has 3 aromatic rings. The molecule has 172 valence electrons. The summed E-state index contributed by atoms with van der Waals surface area (Å²) in [5.74, 6) is 6.28. The lowest BCUT2D eigenvalue weighted by Gasteiger charge is -2.13. The second-order valence-electron chi connectivity index (χ2n) is 7.44. The molecule has 3 rings (SSSR count). The number of sulfone groups is 1. The van der Waals surface area contributed by atoms with Crippen molar-refractivity contribution in [2.75, 3.05) is 12.9 Å². The van der Waals surface area contributed by atoms with Gasteiger partial charge in [-0.2, -0.15) is 9.78 Å². The molecule has 0 spiro atoms. The van der Waals surface area contributed by atoms with Crippen molar-refractivity contribution in [3.05, 3.63) is 70.1 Å². The highest BCUT2D eigenvalue weighted by atomic mass is 35.5. The van der Waals surface area contributed by atoms with E-state index in [1.54, 1.807) is 36.4 Å². The lowest BCUT2D eigenvalue weighted by Crippen LogP contribution is -2.24. The number of rotatable bonds is 8. The van der Waals surface area contributed by atoms with Crippen LogP contribution in [0, 0.1) is 11.8 Å². The zero-order valence-electron chi connectivity index (χ0n) is 18.5. The zero-order valence-corrected chi connectivity index (χ0v) is 20.1. The van der Waals surface area contributed by atoms with Crippen LogP contribution in [0.5, 0.6) is 5.75 Å². The number of nitrogens with zero attached hydrogens (tertiary/aromatic N) is 2. The molecule has 0 aliphatic heterocycles. The van der Waals surface area contributed by atoms with Crippen LogP contribution in [0.2, 0.25) is 5.02 Å². The molecule has 0 saturated carbocycles. The third kappa shape index (κ3) is 6.47. The Morgan fingerprint density at radius 3 is 2.48 bits per heavy atom. The standard InChI is InChI=1S/C25H25ClN2O4S/c1-3-4-5-6-7-8-16-32-24-23(19-12-14-22(15-13-19)33(2,30)31)18-27-28(25(24)29)21-11-9-10-20(26)17-21/h9-15,17-18H,3-5,8,16H2,1-2H3. The Labute approximate surface area is 199 Å². The van der Waals surface area contributed by atoms with E-state index in [0.717, 1.165) is 25.5 Å². The van der Waals surface area contributed by atoms with Crippen molar-refractivity contribution in [2.45, 2.75) is 37.5 Å². The summed E-state index contributed by atoms with van der Waals surface area (Å²) in [4.78, 5) is 13.5. The van der Waals surface area contributed by atoms with E-state index in [1.165, 1.54) is 23.0 Å². The highest BCUT2D eigenvalue weighted by molar-refractivity contribution is 7.90. The molecule has 0 N–H and O–H groups in total. The molecule has 6 nitrogen and oxygen atoms in total. The lowest BCUT2D eigenvalue weighted by atomic mass is 10.1. The van der Waals surface area contributed by atoms with Crippen LogP contribution in [0.25, 0.3) is 16.8 Å². The van der Waals surface area contributed by atoms with Crippen LogP contribution in [-0.4, -0.2) is 31.1 Å². The van der Waals surface area contributed by atoms with Gasteiger partial charge in [-0.3, -0.25) is 4.79 Å². The third-order valence-electron chi connectivity index (χ3n) is 4.83. The minimum absolute atomic E-state index is 0.118. The summed E-state index contributed by atoms with van der Waals surface area (Å²) in [6.07, 6.45) is 6.13. The minimum atomic E-state index is -3.33. The first-order valence-electron chi connectivity index (χ1n) is 10.6. The molecule has 0 radical (unpaired) electrons. The normalized spacial score (nSPS) is 11.0. The maximum Gasteiger partial charge on any atom is 0.314 e. The number of hydrogen-bond donors (Lipinski definition) is 0. The topological polar surface area (TPSA) is 78.3 Å². The van der Waals surface area contributed by atoms with Crippen LogP contribution >= 0.6 is 11.6 Å². The quantitative estimate of drug-likeness (QED) is 0.335. The summed E-state index contributed by atoms with van der Waals surface area (Å²) in [5.41, 5.74) is 1.16. The molecule has 0 atom stereocenters. The van der Waals surface area contributed by atoms with Crippen LogP contribution in [0.4, 0.5) is 0 Å². The molecule has 8 heteroatoms. The molecule has 0 unspecified atom stereocenters. The zero-order chi connectivity index (χ0) is 23.8. The number of unbranched alkanes of at least 4 members (excludes halogenated alkanes) is 2. The Morgan fingerprint density at radius 2 is 1.82 bits per heavy atom. The van der Waals surface area contributed by atoms with Crippen molar-refractivity contribution in [3.63, 3.8) is 0 Å². The fourth-order valence-corrected chi connectivity index (χ4v) is 3.92. The van der Waals surface area contributed by atoms with Gasteiger partial charge in [-0.05, 0) is 42.3 Å². The van der Waals surface area contributed by atoms with Crippen molar-refractivity contribution in [1.29, 1.82) is 0 Å². The number of aromatic nitrogens is 2. The van der Waals surface area contributed by atoms with Crippen LogP contribution in [0.1, 0.15) is 32.6 Å². The Bertz CT molecular complexity index is 1340. The number of benzene rings is 2. The largest absolute Gasteiger partial charge is 0.486 e.